The second kappa shape index (κ2) is 5.40. The number of carboxylic acid groups (broad SMARTS) is 1. The number of carbonyl (C=O) groups is 1. The Morgan fingerprint density at radius 2 is 2.16 bits per heavy atom. The van der Waals surface area contributed by atoms with Gasteiger partial charge in [0.05, 0.1) is 5.92 Å². The summed E-state index contributed by atoms with van der Waals surface area (Å²) in [6.45, 7) is 0. The van der Waals surface area contributed by atoms with E-state index in [1.54, 1.807) is 6.08 Å². The molecular weight excluding hydrogens is 336 g/mol. The van der Waals surface area contributed by atoms with Crippen molar-refractivity contribution in [2.75, 3.05) is 0 Å². The van der Waals surface area contributed by atoms with Gasteiger partial charge in [-0.1, -0.05) is 12.2 Å². The predicted octanol–water partition coefficient (Wildman–Crippen LogP) is 1.15. The molecule has 0 saturated heterocycles. The van der Waals surface area contributed by atoms with Crippen molar-refractivity contribution < 1.29 is 18.3 Å². The molecule has 1 aliphatic rings. The minimum absolute atomic E-state index is 0.0362. The van der Waals surface area contributed by atoms with Gasteiger partial charge in [-0.3, -0.25) is 9.78 Å². The van der Waals surface area contributed by atoms with Crippen molar-refractivity contribution in [2.24, 2.45) is 5.92 Å². The molecule has 102 valence electrons. The van der Waals surface area contributed by atoms with Crippen LogP contribution in [-0.2, 0) is 14.8 Å². The van der Waals surface area contributed by atoms with E-state index in [1.807, 2.05) is 0 Å². The Morgan fingerprint density at radius 3 is 2.74 bits per heavy atom. The fourth-order valence-corrected chi connectivity index (χ4v) is 3.48. The van der Waals surface area contributed by atoms with Gasteiger partial charge in [0, 0.05) is 22.9 Å². The van der Waals surface area contributed by atoms with Gasteiger partial charge < -0.3 is 5.11 Å². The van der Waals surface area contributed by atoms with Crippen LogP contribution in [0.25, 0.3) is 0 Å². The van der Waals surface area contributed by atoms with Crippen molar-refractivity contribution in [3.63, 3.8) is 0 Å². The molecule has 0 spiro atoms. The van der Waals surface area contributed by atoms with Crippen molar-refractivity contribution >= 4 is 31.9 Å². The summed E-state index contributed by atoms with van der Waals surface area (Å²) in [7, 11) is -3.70. The SMILES string of the molecule is O=C(O)C1C=CC(NS(=O)(=O)c2cncc(Br)c2)C1. The second-order valence-electron chi connectivity index (χ2n) is 4.13. The highest BCUT2D eigenvalue weighted by Gasteiger charge is 2.28. The zero-order valence-corrected chi connectivity index (χ0v) is 12.1. The first-order chi connectivity index (χ1) is 8.88. The first kappa shape index (κ1) is 14.2. The van der Waals surface area contributed by atoms with E-state index < -0.39 is 28.0 Å². The predicted molar refractivity (Wildman–Crippen MR) is 70.9 cm³/mol. The van der Waals surface area contributed by atoms with E-state index in [0.29, 0.717) is 4.47 Å². The Balaban J connectivity index is 2.11. The van der Waals surface area contributed by atoms with Crippen molar-refractivity contribution in [1.82, 2.24) is 9.71 Å². The molecule has 0 amide bonds. The summed E-state index contributed by atoms with van der Waals surface area (Å²) < 4.78 is 27.1. The quantitative estimate of drug-likeness (QED) is 0.797. The average molecular weight is 347 g/mol. The molecule has 0 bridgehead atoms. The van der Waals surface area contributed by atoms with Crippen molar-refractivity contribution in [3.8, 4) is 0 Å². The highest BCUT2D eigenvalue weighted by molar-refractivity contribution is 9.10. The number of aliphatic carboxylic acids is 1. The lowest BCUT2D eigenvalue weighted by Crippen LogP contribution is -2.33. The Hall–Kier alpha value is -1.25. The monoisotopic (exact) mass is 346 g/mol. The standard InChI is InChI=1S/C11H11BrN2O4S/c12-8-4-10(6-13-5-8)19(17,18)14-9-2-1-7(3-9)11(15)16/h1-2,4-7,9,14H,3H2,(H,15,16). The molecule has 0 saturated carbocycles. The molecule has 2 N–H and O–H groups in total. The van der Waals surface area contributed by atoms with Crippen LogP contribution in [0.1, 0.15) is 6.42 Å². The Kier molecular flexibility index (Phi) is 4.02. The van der Waals surface area contributed by atoms with E-state index >= 15 is 0 Å². The number of carboxylic acids is 1. The number of hydrogen-bond acceptors (Lipinski definition) is 4. The molecule has 19 heavy (non-hydrogen) atoms. The number of hydrogen-bond donors (Lipinski definition) is 2. The number of rotatable bonds is 4. The molecule has 8 heteroatoms. The molecule has 0 aromatic carbocycles. The summed E-state index contributed by atoms with van der Waals surface area (Å²) in [4.78, 5) is 14.6. The molecule has 1 aliphatic carbocycles. The molecule has 0 radical (unpaired) electrons. The van der Waals surface area contributed by atoms with Crippen LogP contribution < -0.4 is 4.72 Å². The molecule has 6 nitrogen and oxygen atoms in total. The van der Waals surface area contributed by atoms with Crippen LogP contribution >= 0.6 is 15.9 Å². The maximum absolute atomic E-state index is 12.1. The molecule has 0 fully saturated rings. The van der Waals surface area contributed by atoms with Crippen LogP contribution in [0.5, 0.6) is 0 Å². The highest BCUT2D eigenvalue weighted by Crippen LogP contribution is 2.21. The van der Waals surface area contributed by atoms with Gasteiger partial charge in [-0.25, -0.2) is 13.1 Å². The first-order valence-corrected chi connectivity index (χ1v) is 7.70. The van der Waals surface area contributed by atoms with Gasteiger partial charge in [0.2, 0.25) is 10.0 Å². The van der Waals surface area contributed by atoms with Gasteiger partial charge in [0.25, 0.3) is 0 Å². The minimum atomic E-state index is -3.70. The number of pyridine rings is 1. The Morgan fingerprint density at radius 1 is 1.42 bits per heavy atom. The van der Waals surface area contributed by atoms with Crippen LogP contribution in [0.15, 0.2) is 40.0 Å². The van der Waals surface area contributed by atoms with E-state index in [2.05, 4.69) is 25.6 Å². The van der Waals surface area contributed by atoms with Crippen LogP contribution in [0.2, 0.25) is 0 Å². The maximum atomic E-state index is 12.1. The van der Waals surface area contributed by atoms with E-state index in [9.17, 15) is 13.2 Å². The van der Waals surface area contributed by atoms with Crippen LogP contribution in [0.4, 0.5) is 0 Å². The largest absolute Gasteiger partial charge is 0.481 e. The number of aromatic nitrogens is 1. The van der Waals surface area contributed by atoms with Crippen molar-refractivity contribution in [2.45, 2.75) is 17.4 Å². The van der Waals surface area contributed by atoms with E-state index in [0.717, 1.165) is 0 Å². The smallest absolute Gasteiger partial charge is 0.310 e. The lowest BCUT2D eigenvalue weighted by Gasteiger charge is -2.12. The fourth-order valence-electron chi connectivity index (χ4n) is 1.78. The number of nitrogens with one attached hydrogen (secondary N) is 1. The number of nitrogens with zero attached hydrogens (tertiary/aromatic N) is 1. The minimum Gasteiger partial charge on any atom is -0.481 e. The first-order valence-electron chi connectivity index (χ1n) is 5.42. The zero-order chi connectivity index (χ0) is 14.0. The summed E-state index contributed by atoms with van der Waals surface area (Å²) in [5.74, 6) is -1.60. The molecule has 1 aromatic rings. The maximum Gasteiger partial charge on any atom is 0.310 e. The third-order valence-electron chi connectivity index (χ3n) is 2.70. The van der Waals surface area contributed by atoms with Gasteiger partial charge in [0.1, 0.15) is 4.90 Å². The van der Waals surface area contributed by atoms with Crippen LogP contribution in [0.3, 0.4) is 0 Å². The lowest BCUT2D eigenvalue weighted by atomic mass is 10.1. The Labute approximate surface area is 118 Å². The fraction of sp³-hybridized carbons (Fsp3) is 0.273. The summed E-state index contributed by atoms with van der Waals surface area (Å²) in [5, 5.41) is 8.84. The van der Waals surface area contributed by atoms with Gasteiger partial charge >= 0.3 is 5.97 Å². The molecule has 2 rings (SSSR count). The summed E-state index contributed by atoms with van der Waals surface area (Å²) in [5.41, 5.74) is 0. The molecular formula is C11H11BrN2O4S. The number of halogens is 1. The van der Waals surface area contributed by atoms with Gasteiger partial charge in [-0.05, 0) is 28.4 Å². The third-order valence-corrected chi connectivity index (χ3v) is 4.59. The molecule has 2 unspecified atom stereocenters. The Bertz CT molecular complexity index is 629. The summed E-state index contributed by atoms with van der Waals surface area (Å²) in [6.07, 6.45) is 5.99. The van der Waals surface area contributed by atoms with Gasteiger partial charge in [-0.2, -0.15) is 0 Å². The van der Waals surface area contributed by atoms with E-state index in [1.165, 1.54) is 24.5 Å². The summed E-state index contributed by atoms with van der Waals surface area (Å²) in [6, 6.07) is 0.924. The second-order valence-corrected chi connectivity index (χ2v) is 6.76. The zero-order valence-electron chi connectivity index (χ0n) is 9.65. The van der Waals surface area contributed by atoms with Gasteiger partial charge in [0.15, 0.2) is 0 Å². The van der Waals surface area contributed by atoms with Crippen molar-refractivity contribution in [3.05, 3.63) is 35.1 Å². The topological polar surface area (TPSA) is 96.4 Å². The lowest BCUT2D eigenvalue weighted by molar-refractivity contribution is -0.140. The highest BCUT2D eigenvalue weighted by atomic mass is 79.9. The summed E-state index contributed by atoms with van der Waals surface area (Å²) >= 11 is 3.15. The normalized spacial score (nSPS) is 22.6. The molecule has 1 heterocycles. The van der Waals surface area contributed by atoms with E-state index in [-0.39, 0.29) is 11.3 Å². The molecule has 0 aliphatic heterocycles. The van der Waals surface area contributed by atoms with E-state index in [4.69, 9.17) is 5.11 Å². The molecule has 1 aromatic heterocycles. The average Bonchev–Trinajstić information content (AvgIpc) is 2.77. The third kappa shape index (κ3) is 3.40. The van der Waals surface area contributed by atoms with Gasteiger partial charge in [-0.15, -0.1) is 0 Å². The van der Waals surface area contributed by atoms with Crippen molar-refractivity contribution in [1.29, 1.82) is 0 Å². The van der Waals surface area contributed by atoms with Crippen LogP contribution in [-0.4, -0.2) is 30.5 Å². The molecule has 2 atom stereocenters. The number of sulfonamides is 1. The van der Waals surface area contributed by atoms with Crippen LogP contribution in [0, 0.1) is 5.92 Å².